The summed E-state index contributed by atoms with van der Waals surface area (Å²) in [6, 6.07) is 24.0. The van der Waals surface area contributed by atoms with Crippen molar-refractivity contribution in [2.24, 2.45) is 0 Å². The third-order valence-electron chi connectivity index (χ3n) is 7.30. The number of carbonyl (C=O) groups excluding carboxylic acids is 1. The molecule has 0 radical (unpaired) electrons. The smallest absolute Gasteiger partial charge is 0.344 e. The first-order chi connectivity index (χ1) is 19.9. The Kier molecular flexibility index (Phi) is 7.10. The monoisotopic (exact) mass is 587 g/mol. The van der Waals surface area contributed by atoms with Gasteiger partial charge in [0.1, 0.15) is 6.04 Å². The second kappa shape index (κ2) is 10.9. The molecule has 41 heavy (non-hydrogen) atoms. The molecule has 3 aromatic carbocycles. The van der Waals surface area contributed by atoms with Gasteiger partial charge in [-0.25, -0.2) is 13.2 Å². The van der Waals surface area contributed by atoms with Crippen molar-refractivity contribution in [2.45, 2.75) is 10.9 Å². The molecule has 0 saturated carbocycles. The molecule has 208 valence electrons. The van der Waals surface area contributed by atoms with Gasteiger partial charge in [0.2, 0.25) is 0 Å². The Morgan fingerprint density at radius 1 is 0.805 bits per heavy atom. The molecule has 3 heterocycles. The van der Waals surface area contributed by atoms with Crippen molar-refractivity contribution in [3.8, 4) is 0 Å². The summed E-state index contributed by atoms with van der Waals surface area (Å²) in [4.78, 5) is 36.4. The Bertz CT molecular complexity index is 1870. The normalized spacial score (nSPS) is 14.8. The molecule has 1 aliphatic heterocycles. The molecule has 0 spiro atoms. The van der Waals surface area contributed by atoms with Crippen LogP contribution >= 0.6 is 11.6 Å². The summed E-state index contributed by atoms with van der Waals surface area (Å²) in [5, 5.41) is 0.311. The summed E-state index contributed by atoms with van der Waals surface area (Å²) < 4.78 is 29.6. The second-order valence-electron chi connectivity index (χ2n) is 9.70. The van der Waals surface area contributed by atoms with E-state index in [2.05, 4.69) is 9.88 Å². The van der Waals surface area contributed by atoms with Gasteiger partial charge in [0, 0.05) is 49.3 Å². The Labute approximate surface area is 241 Å². The Hall–Kier alpha value is -4.41. The zero-order valence-corrected chi connectivity index (χ0v) is 23.4. The van der Waals surface area contributed by atoms with Gasteiger partial charge < -0.3 is 9.80 Å². The fourth-order valence-electron chi connectivity index (χ4n) is 5.30. The van der Waals surface area contributed by atoms with Gasteiger partial charge >= 0.3 is 5.69 Å². The molecule has 2 aromatic heterocycles. The summed E-state index contributed by atoms with van der Waals surface area (Å²) in [7, 11) is -4.29. The van der Waals surface area contributed by atoms with Crippen LogP contribution < -0.4 is 10.6 Å². The number of piperazine rings is 1. The summed E-state index contributed by atoms with van der Waals surface area (Å²) in [5.41, 5.74) is 1.13. The number of nitrogens with zero attached hydrogens (tertiary/aromatic N) is 5. The topological polar surface area (TPSA) is 97.5 Å². The van der Waals surface area contributed by atoms with Crippen molar-refractivity contribution in [1.82, 2.24) is 18.4 Å². The van der Waals surface area contributed by atoms with Crippen LogP contribution in [0.1, 0.15) is 11.6 Å². The van der Waals surface area contributed by atoms with Crippen LogP contribution in [-0.4, -0.2) is 58.9 Å². The highest BCUT2D eigenvalue weighted by atomic mass is 35.5. The van der Waals surface area contributed by atoms with E-state index in [-0.39, 0.29) is 21.8 Å². The van der Waals surface area contributed by atoms with Gasteiger partial charge in [0.25, 0.3) is 15.9 Å². The van der Waals surface area contributed by atoms with Gasteiger partial charge in [0.05, 0.1) is 15.9 Å². The molecule has 0 bridgehead atoms. The van der Waals surface area contributed by atoms with E-state index in [1.54, 1.807) is 59.8 Å². The molecule has 1 fully saturated rings. The van der Waals surface area contributed by atoms with E-state index < -0.39 is 21.8 Å². The van der Waals surface area contributed by atoms with Crippen molar-refractivity contribution in [2.75, 3.05) is 31.1 Å². The van der Waals surface area contributed by atoms with E-state index in [1.807, 2.05) is 18.2 Å². The number of fused-ring (bicyclic) bond motifs is 1. The van der Waals surface area contributed by atoms with Crippen LogP contribution in [0.5, 0.6) is 0 Å². The van der Waals surface area contributed by atoms with Crippen LogP contribution in [0.2, 0.25) is 5.02 Å². The van der Waals surface area contributed by atoms with Crippen molar-refractivity contribution in [3.05, 3.63) is 124 Å². The predicted molar refractivity (Wildman–Crippen MR) is 158 cm³/mol. The molecule has 9 nitrogen and oxygen atoms in total. The van der Waals surface area contributed by atoms with Gasteiger partial charge in [-0.1, -0.05) is 60.1 Å². The number of amides is 1. The number of anilines is 1. The van der Waals surface area contributed by atoms with E-state index in [0.29, 0.717) is 36.8 Å². The van der Waals surface area contributed by atoms with E-state index in [4.69, 9.17) is 11.6 Å². The largest absolute Gasteiger partial charge is 0.368 e. The zero-order chi connectivity index (χ0) is 28.6. The minimum atomic E-state index is -4.29. The lowest BCUT2D eigenvalue weighted by Crippen LogP contribution is -2.51. The van der Waals surface area contributed by atoms with E-state index in [0.717, 1.165) is 9.66 Å². The number of aromatic nitrogens is 3. The van der Waals surface area contributed by atoms with E-state index in [9.17, 15) is 18.0 Å². The minimum Gasteiger partial charge on any atom is -0.368 e. The van der Waals surface area contributed by atoms with Gasteiger partial charge in [-0.2, -0.15) is 3.97 Å². The van der Waals surface area contributed by atoms with Crippen molar-refractivity contribution < 1.29 is 13.2 Å². The number of rotatable bonds is 6. The molecular weight excluding hydrogens is 562 g/mol. The SMILES string of the molecule is O=C(C(c1ccccc1)n1c(=O)n(S(=O)(=O)c2ccccc2)c2ccc(Cl)cc21)N1CCN(c2ccncc2)CC1. The molecule has 1 atom stereocenters. The molecule has 5 aromatic rings. The summed E-state index contributed by atoms with van der Waals surface area (Å²) in [5.74, 6) is -0.302. The second-order valence-corrected chi connectivity index (χ2v) is 11.9. The van der Waals surface area contributed by atoms with E-state index >= 15 is 0 Å². The van der Waals surface area contributed by atoms with Crippen LogP contribution in [0.4, 0.5) is 5.69 Å². The Balaban J connectivity index is 1.47. The van der Waals surface area contributed by atoms with Gasteiger partial charge in [-0.15, -0.1) is 0 Å². The van der Waals surface area contributed by atoms with Gasteiger partial charge in [-0.3, -0.25) is 14.3 Å². The molecule has 11 heteroatoms. The summed E-state index contributed by atoms with van der Waals surface area (Å²) in [6.07, 6.45) is 3.46. The number of halogens is 1. The standard InChI is InChI=1S/C30H26ClN5O4S/c31-23-11-12-26-27(21-23)35(30(38)36(26)41(39,40)25-9-5-2-6-10-25)28(22-7-3-1-4-8-22)29(37)34-19-17-33(18-20-34)24-13-15-32-16-14-24/h1-16,21,28H,17-20H2. The van der Waals surface area contributed by atoms with Crippen LogP contribution in [0.15, 0.2) is 113 Å². The highest BCUT2D eigenvalue weighted by Crippen LogP contribution is 2.29. The summed E-state index contributed by atoms with van der Waals surface area (Å²) >= 11 is 6.36. The molecule has 1 aliphatic rings. The van der Waals surface area contributed by atoms with Crippen LogP contribution in [-0.2, 0) is 14.8 Å². The third kappa shape index (κ3) is 4.89. The number of imidazole rings is 1. The van der Waals surface area contributed by atoms with Crippen LogP contribution in [0.25, 0.3) is 11.0 Å². The maximum atomic E-state index is 14.3. The number of hydrogen-bond acceptors (Lipinski definition) is 6. The number of pyridine rings is 1. The predicted octanol–water partition coefficient (Wildman–Crippen LogP) is 4.03. The van der Waals surface area contributed by atoms with Crippen LogP contribution in [0.3, 0.4) is 0 Å². The lowest BCUT2D eigenvalue weighted by atomic mass is 10.0. The quantitative estimate of drug-likeness (QED) is 0.298. The number of benzene rings is 3. The lowest BCUT2D eigenvalue weighted by molar-refractivity contribution is -0.133. The lowest BCUT2D eigenvalue weighted by Gasteiger charge is -2.37. The Morgan fingerprint density at radius 2 is 1.44 bits per heavy atom. The summed E-state index contributed by atoms with van der Waals surface area (Å²) in [6.45, 7) is 2.06. The molecule has 6 rings (SSSR count). The van der Waals surface area contributed by atoms with Crippen LogP contribution in [0, 0.1) is 0 Å². The van der Waals surface area contributed by atoms with Crippen molar-refractivity contribution in [3.63, 3.8) is 0 Å². The maximum Gasteiger partial charge on any atom is 0.344 e. The number of hydrogen-bond donors (Lipinski definition) is 0. The maximum absolute atomic E-state index is 14.3. The van der Waals surface area contributed by atoms with Crippen molar-refractivity contribution >= 4 is 44.3 Å². The molecule has 0 N–H and O–H groups in total. The average molecular weight is 588 g/mol. The molecule has 1 unspecified atom stereocenters. The van der Waals surface area contributed by atoms with E-state index in [1.165, 1.54) is 34.9 Å². The molecule has 1 saturated heterocycles. The first kappa shape index (κ1) is 26.8. The van der Waals surface area contributed by atoms with Gasteiger partial charge in [-0.05, 0) is 48.0 Å². The Morgan fingerprint density at radius 3 is 2.10 bits per heavy atom. The number of carbonyl (C=O) groups is 1. The minimum absolute atomic E-state index is 0.0362. The highest BCUT2D eigenvalue weighted by molar-refractivity contribution is 7.90. The van der Waals surface area contributed by atoms with Gasteiger partial charge in [0.15, 0.2) is 0 Å². The molecular formula is C30H26ClN5O4S. The first-order valence-corrected chi connectivity index (χ1v) is 14.9. The highest BCUT2D eigenvalue weighted by Gasteiger charge is 2.35. The zero-order valence-electron chi connectivity index (χ0n) is 21.9. The molecule has 0 aliphatic carbocycles. The fraction of sp³-hybridized carbons (Fsp3) is 0.167. The third-order valence-corrected chi connectivity index (χ3v) is 9.24. The first-order valence-electron chi connectivity index (χ1n) is 13.1. The molecule has 1 amide bonds. The fourth-order valence-corrected chi connectivity index (χ4v) is 6.88. The average Bonchev–Trinajstić information content (AvgIpc) is 3.30. The van der Waals surface area contributed by atoms with Crippen molar-refractivity contribution in [1.29, 1.82) is 0 Å².